The third-order valence-electron chi connectivity index (χ3n) is 3.60. The zero-order valence-electron chi connectivity index (χ0n) is 11.4. The molecule has 0 aromatic heterocycles. The molecule has 16 heavy (non-hydrogen) atoms. The van der Waals surface area contributed by atoms with Crippen molar-refractivity contribution in [3.05, 3.63) is 0 Å². The molecule has 0 aromatic carbocycles. The van der Waals surface area contributed by atoms with E-state index in [4.69, 9.17) is 9.47 Å². The van der Waals surface area contributed by atoms with E-state index < -0.39 is 0 Å². The minimum absolute atomic E-state index is 0.292. The van der Waals surface area contributed by atoms with Gasteiger partial charge in [-0.2, -0.15) is 0 Å². The Morgan fingerprint density at radius 1 is 1.25 bits per heavy atom. The summed E-state index contributed by atoms with van der Waals surface area (Å²) in [4.78, 5) is 0. The van der Waals surface area contributed by atoms with E-state index >= 15 is 0 Å². The lowest BCUT2D eigenvalue weighted by molar-refractivity contribution is -0.0688. The molecular formula is C14H28O2. The summed E-state index contributed by atoms with van der Waals surface area (Å²) in [5.41, 5.74) is 0.292. The fourth-order valence-electron chi connectivity index (χ4n) is 3.14. The van der Waals surface area contributed by atoms with Crippen LogP contribution in [0.2, 0.25) is 0 Å². The van der Waals surface area contributed by atoms with Crippen molar-refractivity contribution in [3.8, 4) is 0 Å². The van der Waals surface area contributed by atoms with Crippen LogP contribution in [0.15, 0.2) is 0 Å². The maximum absolute atomic E-state index is 5.94. The fraction of sp³-hybridized carbons (Fsp3) is 1.00. The van der Waals surface area contributed by atoms with Crippen molar-refractivity contribution in [1.29, 1.82) is 0 Å². The third kappa shape index (κ3) is 3.46. The second kappa shape index (κ2) is 6.61. The first-order chi connectivity index (χ1) is 7.64. The Morgan fingerprint density at radius 2 is 2.00 bits per heavy atom. The van der Waals surface area contributed by atoms with E-state index in [-0.39, 0.29) is 0 Å². The van der Waals surface area contributed by atoms with Crippen molar-refractivity contribution in [2.45, 2.75) is 59.5 Å². The van der Waals surface area contributed by atoms with E-state index in [0.717, 1.165) is 25.7 Å². The molecule has 0 saturated heterocycles. The molecule has 1 rings (SSSR count). The van der Waals surface area contributed by atoms with Gasteiger partial charge in [-0.05, 0) is 39.0 Å². The Morgan fingerprint density at radius 3 is 2.56 bits per heavy atom. The average Bonchev–Trinajstić information content (AvgIpc) is 2.59. The van der Waals surface area contributed by atoms with Crippen LogP contribution in [0.5, 0.6) is 0 Å². The first-order valence-corrected chi connectivity index (χ1v) is 6.84. The third-order valence-corrected chi connectivity index (χ3v) is 3.60. The maximum atomic E-state index is 5.94. The number of ether oxygens (including phenoxy) is 2. The van der Waals surface area contributed by atoms with Crippen LogP contribution in [0.3, 0.4) is 0 Å². The lowest BCUT2D eigenvalue weighted by atomic mass is 9.77. The van der Waals surface area contributed by atoms with Gasteiger partial charge in [0.15, 0.2) is 0 Å². The van der Waals surface area contributed by atoms with Gasteiger partial charge in [-0.15, -0.1) is 0 Å². The summed E-state index contributed by atoms with van der Waals surface area (Å²) >= 11 is 0. The summed E-state index contributed by atoms with van der Waals surface area (Å²) < 4.78 is 11.7. The van der Waals surface area contributed by atoms with Crippen LogP contribution in [0.4, 0.5) is 0 Å². The van der Waals surface area contributed by atoms with Gasteiger partial charge in [-0.1, -0.05) is 20.3 Å². The van der Waals surface area contributed by atoms with Gasteiger partial charge in [0.1, 0.15) is 0 Å². The molecule has 0 radical (unpaired) electrons. The number of hydrogen-bond acceptors (Lipinski definition) is 2. The summed E-state index contributed by atoms with van der Waals surface area (Å²) in [5.74, 6) is 0.724. The Balaban J connectivity index is 2.66. The zero-order valence-corrected chi connectivity index (χ0v) is 11.4. The molecular weight excluding hydrogens is 200 g/mol. The smallest absolute Gasteiger partial charge is 0.0653 e. The van der Waals surface area contributed by atoms with Gasteiger partial charge in [0.05, 0.1) is 12.7 Å². The molecule has 2 unspecified atom stereocenters. The second-order valence-electron chi connectivity index (χ2n) is 5.43. The predicted molar refractivity (Wildman–Crippen MR) is 67.6 cm³/mol. The van der Waals surface area contributed by atoms with Crippen molar-refractivity contribution in [2.24, 2.45) is 11.3 Å². The molecule has 2 nitrogen and oxygen atoms in total. The van der Waals surface area contributed by atoms with Crippen LogP contribution in [0.1, 0.15) is 53.4 Å². The first kappa shape index (κ1) is 14.0. The summed E-state index contributed by atoms with van der Waals surface area (Å²) in [6, 6.07) is 0. The zero-order chi connectivity index (χ0) is 12.0. The van der Waals surface area contributed by atoms with Crippen molar-refractivity contribution >= 4 is 0 Å². The van der Waals surface area contributed by atoms with Gasteiger partial charge >= 0.3 is 0 Å². The van der Waals surface area contributed by atoms with Gasteiger partial charge in [0.2, 0.25) is 0 Å². The van der Waals surface area contributed by atoms with Crippen molar-refractivity contribution in [3.63, 3.8) is 0 Å². The Kier molecular flexibility index (Phi) is 5.77. The van der Waals surface area contributed by atoms with E-state index in [1.807, 2.05) is 0 Å². The van der Waals surface area contributed by atoms with Crippen LogP contribution in [0.25, 0.3) is 0 Å². The average molecular weight is 228 g/mol. The summed E-state index contributed by atoms with van der Waals surface area (Å²) in [5, 5.41) is 0. The highest BCUT2D eigenvalue weighted by molar-refractivity contribution is 4.93. The van der Waals surface area contributed by atoms with Crippen LogP contribution >= 0.6 is 0 Å². The largest absolute Gasteiger partial charge is 0.381 e. The molecule has 1 fully saturated rings. The minimum atomic E-state index is 0.292. The van der Waals surface area contributed by atoms with Crippen molar-refractivity contribution < 1.29 is 9.47 Å². The SMILES string of the molecule is CCOCC1(CC(C)C)CCCC1OCC. The molecule has 2 heteroatoms. The quantitative estimate of drug-likeness (QED) is 0.662. The topological polar surface area (TPSA) is 18.5 Å². The monoisotopic (exact) mass is 228 g/mol. The summed E-state index contributed by atoms with van der Waals surface area (Å²) in [6.45, 7) is 11.3. The maximum Gasteiger partial charge on any atom is 0.0653 e. The first-order valence-electron chi connectivity index (χ1n) is 6.84. The van der Waals surface area contributed by atoms with Crippen LogP contribution in [-0.4, -0.2) is 25.9 Å². The second-order valence-corrected chi connectivity index (χ2v) is 5.43. The van der Waals surface area contributed by atoms with Gasteiger partial charge in [-0.3, -0.25) is 0 Å². The summed E-state index contributed by atoms with van der Waals surface area (Å²) in [6.07, 6.45) is 5.44. The van der Waals surface area contributed by atoms with E-state index in [2.05, 4.69) is 27.7 Å². The molecule has 96 valence electrons. The minimum Gasteiger partial charge on any atom is -0.381 e. The standard InChI is InChI=1S/C14H28O2/c1-5-15-11-14(10-12(3)4)9-7-8-13(14)16-6-2/h12-13H,5-11H2,1-4H3. The highest BCUT2D eigenvalue weighted by Gasteiger charge is 2.43. The fourth-order valence-corrected chi connectivity index (χ4v) is 3.14. The highest BCUT2D eigenvalue weighted by Crippen LogP contribution is 2.45. The van der Waals surface area contributed by atoms with Gasteiger partial charge in [0.25, 0.3) is 0 Å². The van der Waals surface area contributed by atoms with E-state index in [1.165, 1.54) is 25.7 Å². The predicted octanol–water partition coefficient (Wildman–Crippen LogP) is 3.64. The van der Waals surface area contributed by atoms with E-state index in [9.17, 15) is 0 Å². The van der Waals surface area contributed by atoms with E-state index in [1.54, 1.807) is 0 Å². The molecule has 2 atom stereocenters. The molecule has 0 amide bonds. The molecule has 0 aliphatic heterocycles. The molecule has 0 bridgehead atoms. The van der Waals surface area contributed by atoms with Crippen LogP contribution in [-0.2, 0) is 9.47 Å². The highest BCUT2D eigenvalue weighted by atomic mass is 16.5. The van der Waals surface area contributed by atoms with Gasteiger partial charge in [-0.25, -0.2) is 0 Å². The summed E-state index contributed by atoms with van der Waals surface area (Å²) in [7, 11) is 0. The van der Waals surface area contributed by atoms with Crippen LogP contribution < -0.4 is 0 Å². The molecule has 1 saturated carbocycles. The lowest BCUT2D eigenvalue weighted by Gasteiger charge is -2.36. The van der Waals surface area contributed by atoms with Crippen molar-refractivity contribution in [1.82, 2.24) is 0 Å². The number of hydrogen-bond donors (Lipinski definition) is 0. The van der Waals surface area contributed by atoms with Crippen LogP contribution in [0, 0.1) is 11.3 Å². The molecule has 0 spiro atoms. The van der Waals surface area contributed by atoms with Gasteiger partial charge < -0.3 is 9.47 Å². The van der Waals surface area contributed by atoms with Crippen molar-refractivity contribution in [2.75, 3.05) is 19.8 Å². The Bertz CT molecular complexity index is 191. The molecule has 0 heterocycles. The molecule has 0 N–H and O–H groups in total. The Labute approximate surface area is 101 Å². The number of rotatable bonds is 7. The normalized spacial score (nSPS) is 30.2. The Hall–Kier alpha value is -0.0800. The lowest BCUT2D eigenvalue weighted by Crippen LogP contribution is -2.38. The van der Waals surface area contributed by atoms with Gasteiger partial charge in [0, 0.05) is 18.6 Å². The molecule has 1 aliphatic carbocycles. The molecule has 0 aromatic rings. The molecule has 1 aliphatic rings. The van der Waals surface area contributed by atoms with E-state index in [0.29, 0.717) is 11.5 Å².